The van der Waals surface area contributed by atoms with Crippen LogP contribution in [-0.4, -0.2) is 20.9 Å². The summed E-state index contributed by atoms with van der Waals surface area (Å²) in [5, 5.41) is 0.308. The maximum absolute atomic E-state index is 12.4. The van der Waals surface area contributed by atoms with Gasteiger partial charge in [-0.2, -0.15) is 0 Å². The normalized spacial score (nSPS) is 11.1. The van der Waals surface area contributed by atoms with E-state index in [4.69, 9.17) is 28.0 Å². The van der Waals surface area contributed by atoms with E-state index in [0.29, 0.717) is 12.2 Å². The van der Waals surface area contributed by atoms with Crippen LogP contribution in [0.25, 0.3) is 0 Å². The molecule has 0 aromatic heterocycles. The van der Waals surface area contributed by atoms with E-state index in [1.807, 2.05) is 0 Å². The lowest BCUT2D eigenvalue weighted by Gasteiger charge is -2.10. The third-order valence-electron chi connectivity index (χ3n) is 2.89. The van der Waals surface area contributed by atoms with Gasteiger partial charge in [0.05, 0.1) is 11.6 Å². The summed E-state index contributed by atoms with van der Waals surface area (Å²) in [5.74, 6) is -0.427. The van der Waals surface area contributed by atoms with Gasteiger partial charge in [-0.15, -0.1) is 0 Å². The maximum Gasteiger partial charge on any atom is 0.274 e. The highest BCUT2D eigenvalue weighted by Crippen LogP contribution is 2.26. The Morgan fingerprint density at radius 3 is 2.42 bits per heavy atom. The number of hydrogen-bond donors (Lipinski definition) is 2. The molecule has 0 saturated carbocycles. The first-order valence-electron chi connectivity index (χ1n) is 6.83. The molecule has 0 atom stereocenters. The number of carbonyl (C=O) groups is 1. The first kappa shape index (κ1) is 18.5. The number of halogens is 2. The standard InChI is InChI=1S/C15H14Cl2N2O4S/c1-2-23-18-15(20)10-3-6-12(7-4-10)19-24(21,22)14-9-11(16)5-8-13(14)17/h3-9,19H,2H2,1H3,(H,18,20). The largest absolute Gasteiger partial charge is 0.280 e. The van der Waals surface area contributed by atoms with Crippen molar-refractivity contribution in [2.24, 2.45) is 0 Å². The molecular weight excluding hydrogens is 375 g/mol. The van der Waals surface area contributed by atoms with Crippen LogP contribution in [0.4, 0.5) is 5.69 Å². The van der Waals surface area contributed by atoms with Crippen LogP contribution in [0, 0.1) is 0 Å². The molecule has 2 aromatic rings. The lowest BCUT2D eigenvalue weighted by atomic mass is 10.2. The smallest absolute Gasteiger partial charge is 0.274 e. The molecule has 0 aliphatic carbocycles. The first-order valence-corrected chi connectivity index (χ1v) is 9.07. The number of nitrogens with one attached hydrogen (secondary N) is 2. The number of carbonyl (C=O) groups excluding carboxylic acids is 1. The van der Waals surface area contributed by atoms with Gasteiger partial charge < -0.3 is 0 Å². The van der Waals surface area contributed by atoms with Crippen LogP contribution < -0.4 is 10.2 Å². The predicted molar refractivity (Wildman–Crippen MR) is 92.8 cm³/mol. The van der Waals surface area contributed by atoms with Crippen molar-refractivity contribution in [1.29, 1.82) is 0 Å². The van der Waals surface area contributed by atoms with Crippen LogP contribution in [0.1, 0.15) is 17.3 Å². The van der Waals surface area contributed by atoms with Gasteiger partial charge in [-0.1, -0.05) is 23.2 Å². The summed E-state index contributed by atoms with van der Waals surface area (Å²) in [7, 11) is -3.91. The van der Waals surface area contributed by atoms with Crippen LogP contribution in [0.3, 0.4) is 0 Å². The fourth-order valence-electron chi connectivity index (χ4n) is 1.78. The molecule has 0 saturated heterocycles. The fourth-order valence-corrected chi connectivity index (χ4v) is 3.60. The fraction of sp³-hybridized carbons (Fsp3) is 0.133. The summed E-state index contributed by atoms with van der Waals surface area (Å²) in [6, 6.07) is 10.00. The Morgan fingerprint density at radius 2 is 1.79 bits per heavy atom. The molecule has 2 N–H and O–H groups in total. The summed E-state index contributed by atoms with van der Waals surface area (Å²) in [6.45, 7) is 2.07. The van der Waals surface area contributed by atoms with Crippen molar-refractivity contribution in [1.82, 2.24) is 5.48 Å². The SMILES string of the molecule is CCONC(=O)c1ccc(NS(=O)(=O)c2cc(Cl)ccc2Cl)cc1. The van der Waals surface area contributed by atoms with E-state index in [2.05, 4.69) is 10.2 Å². The lowest BCUT2D eigenvalue weighted by molar-refractivity contribution is 0.0364. The molecule has 0 fully saturated rings. The highest BCUT2D eigenvalue weighted by Gasteiger charge is 2.18. The van der Waals surface area contributed by atoms with E-state index in [9.17, 15) is 13.2 Å². The molecule has 128 valence electrons. The van der Waals surface area contributed by atoms with E-state index in [1.165, 1.54) is 42.5 Å². The van der Waals surface area contributed by atoms with E-state index >= 15 is 0 Å². The molecular formula is C15H14Cl2N2O4S. The van der Waals surface area contributed by atoms with Crippen molar-refractivity contribution in [3.05, 3.63) is 58.1 Å². The zero-order valence-corrected chi connectivity index (χ0v) is 14.9. The molecule has 0 spiro atoms. The molecule has 1 amide bonds. The van der Waals surface area contributed by atoms with Gasteiger partial charge in [0.1, 0.15) is 4.90 Å². The van der Waals surface area contributed by atoms with Crippen molar-refractivity contribution in [3.63, 3.8) is 0 Å². The molecule has 9 heteroatoms. The van der Waals surface area contributed by atoms with Gasteiger partial charge in [0, 0.05) is 16.3 Å². The van der Waals surface area contributed by atoms with Crippen LogP contribution in [-0.2, 0) is 14.9 Å². The minimum atomic E-state index is -3.91. The Balaban J connectivity index is 2.18. The van der Waals surface area contributed by atoms with Crippen molar-refractivity contribution in [2.75, 3.05) is 11.3 Å². The molecule has 0 aliphatic heterocycles. The second-order valence-electron chi connectivity index (χ2n) is 4.62. The molecule has 24 heavy (non-hydrogen) atoms. The van der Waals surface area contributed by atoms with Gasteiger partial charge in [-0.3, -0.25) is 14.4 Å². The number of amides is 1. The molecule has 2 rings (SSSR count). The molecule has 0 heterocycles. The number of benzene rings is 2. The second-order valence-corrected chi connectivity index (χ2v) is 7.12. The van der Waals surface area contributed by atoms with E-state index in [0.717, 1.165) is 0 Å². The molecule has 0 bridgehead atoms. The monoisotopic (exact) mass is 388 g/mol. The zero-order valence-electron chi connectivity index (χ0n) is 12.5. The van der Waals surface area contributed by atoms with Crippen LogP contribution in [0.2, 0.25) is 10.0 Å². The number of hydroxylamine groups is 1. The molecule has 0 radical (unpaired) electrons. The summed E-state index contributed by atoms with van der Waals surface area (Å²) >= 11 is 11.7. The predicted octanol–water partition coefficient (Wildman–Crippen LogP) is 3.48. The number of hydrogen-bond acceptors (Lipinski definition) is 4. The summed E-state index contributed by atoms with van der Waals surface area (Å²) in [6.07, 6.45) is 0. The Kier molecular flexibility index (Phi) is 6.06. The van der Waals surface area contributed by atoms with Crippen LogP contribution >= 0.6 is 23.2 Å². The van der Waals surface area contributed by atoms with Gasteiger partial charge >= 0.3 is 0 Å². The van der Waals surface area contributed by atoms with Gasteiger partial charge in [0.2, 0.25) is 0 Å². The average molecular weight is 389 g/mol. The third-order valence-corrected chi connectivity index (χ3v) is 4.99. The minimum absolute atomic E-state index is 0.0552. The number of anilines is 1. The van der Waals surface area contributed by atoms with Crippen LogP contribution in [0.15, 0.2) is 47.4 Å². The zero-order chi connectivity index (χ0) is 17.7. The Bertz CT molecular complexity index is 839. The number of sulfonamides is 1. The summed E-state index contributed by atoms with van der Waals surface area (Å²) < 4.78 is 27.1. The van der Waals surface area contributed by atoms with Crippen molar-refractivity contribution in [3.8, 4) is 0 Å². The van der Waals surface area contributed by atoms with Crippen molar-refractivity contribution in [2.45, 2.75) is 11.8 Å². The van der Waals surface area contributed by atoms with Gasteiger partial charge in [-0.05, 0) is 49.4 Å². The molecule has 2 aromatic carbocycles. The highest BCUT2D eigenvalue weighted by molar-refractivity contribution is 7.92. The van der Waals surface area contributed by atoms with Crippen molar-refractivity contribution < 1.29 is 18.0 Å². The molecule has 6 nitrogen and oxygen atoms in total. The second kappa shape index (κ2) is 7.85. The highest BCUT2D eigenvalue weighted by atomic mass is 35.5. The minimum Gasteiger partial charge on any atom is -0.280 e. The van der Waals surface area contributed by atoms with E-state index in [1.54, 1.807) is 6.92 Å². The topological polar surface area (TPSA) is 84.5 Å². The molecule has 0 unspecified atom stereocenters. The quantitative estimate of drug-likeness (QED) is 0.741. The number of rotatable bonds is 6. The Labute approximate surface area is 149 Å². The Morgan fingerprint density at radius 1 is 1.12 bits per heavy atom. The molecule has 0 aliphatic rings. The van der Waals surface area contributed by atoms with Gasteiger partial charge in [0.15, 0.2) is 0 Å². The van der Waals surface area contributed by atoms with Gasteiger partial charge in [0.25, 0.3) is 15.9 Å². The van der Waals surface area contributed by atoms with Gasteiger partial charge in [-0.25, -0.2) is 13.9 Å². The van der Waals surface area contributed by atoms with Crippen molar-refractivity contribution >= 4 is 44.8 Å². The lowest BCUT2D eigenvalue weighted by Crippen LogP contribution is -2.23. The first-order chi connectivity index (χ1) is 11.3. The summed E-state index contributed by atoms with van der Waals surface area (Å²) in [5.41, 5.74) is 2.85. The Hall–Kier alpha value is -1.80. The third kappa shape index (κ3) is 4.61. The van der Waals surface area contributed by atoms with E-state index < -0.39 is 15.9 Å². The van der Waals surface area contributed by atoms with Crippen LogP contribution in [0.5, 0.6) is 0 Å². The summed E-state index contributed by atoms with van der Waals surface area (Å²) in [4.78, 5) is 16.4. The average Bonchev–Trinajstić information content (AvgIpc) is 2.55. The maximum atomic E-state index is 12.4. The van der Waals surface area contributed by atoms with E-state index in [-0.39, 0.29) is 20.6 Å².